The minimum atomic E-state index is -0.688. The molecule has 0 unspecified atom stereocenters. The van der Waals surface area contributed by atoms with Crippen molar-refractivity contribution in [2.75, 3.05) is 0 Å². The molecule has 0 saturated heterocycles. The van der Waals surface area contributed by atoms with Crippen molar-refractivity contribution < 1.29 is 9.90 Å². The maximum Gasteiger partial charge on any atom is 0.306 e. The molecule has 4 nitrogen and oxygen atoms in total. The molecule has 1 aromatic heterocycles. The number of benzene rings is 1. The minimum absolute atomic E-state index is 0.107. The van der Waals surface area contributed by atoms with Gasteiger partial charge < -0.3 is 9.67 Å². The van der Waals surface area contributed by atoms with Gasteiger partial charge in [0.1, 0.15) is 5.15 Å². The largest absolute Gasteiger partial charge is 0.481 e. The van der Waals surface area contributed by atoms with Gasteiger partial charge in [-0.15, -0.1) is 0 Å². The van der Waals surface area contributed by atoms with Crippen LogP contribution in [-0.4, -0.2) is 30.9 Å². The van der Waals surface area contributed by atoms with Crippen LogP contribution >= 0.6 is 23.2 Å². The Bertz CT molecular complexity index is 719. The van der Waals surface area contributed by atoms with Crippen molar-refractivity contribution in [2.45, 2.75) is 23.9 Å². The number of aromatic nitrogens is 2. The number of hydrogen-bond acceptors (Lipinski definition) is 2. The van der Waals surface area contributed by atoms with Crippen LogP contribution in [-0.2, 0) is 11.3 Å². The number of nitrogens with zero attached hydrogens (tertiary/aromatic N) is 2. The number of rotatable bonds is 4. The van der Waals surface area contributed by atoms with Gasteiger partial charge in [-0.25, -0.2) is 4.98 Å². The lowest BCUT2D eigenvalue weighted by Crippen LogP contribution is -2.09. The molecule has 0 bridgehead atoms. The third-order valence-electron chi connectivity index (χ3n) is 4.16. The molecule has 7 heteroatoms. The SMILES string of the molecule is O=C(O)[C@@]1([SiH3])C[C@@H]1c1ccc(Cn2cnc(Cl)c2)c(Cl)c1. The molecule has 1 N–H and O–H groups in total. The summed E-state index contributed by atoms with van der Waals surface area (Å²) in [6.07, 6.45) is 4.11. The fraction of sp³-hybridized carbons (Fsp3) is 0.286. The summed E-state index contributed by atoms with van der Waals surface area (Å²) in [5.74, 6) is -0.580. The van der Waals surface area contributed by atoms with Crippen LogP contribution in [0.3, 0.4) is 0 Å². The van der Waals surface area contributed by atoms with E-state index in [0.717, 1.165) is 17.5 Å². The van der Waals surface area contributed by atoms with Gasteiger partial charge in [-0.05, 0) is 29.5 Å². The Hall–Kier alpha value is -1.30. The number of aliphatic carboxylic acids is 1. The zero-order valence-electron chi connectivity index (χ0n) is 11.4. The van der Waals surface area contributed by atoms with Crippen LogP contribution in [0.1, 0.15) is 23.5 Å². The quantitative estimate of drug-likeness (QED) is 0.869. The smallest absolute Gasteiger partial charge is 0.306 e. The average molecular weight is 341 g/mol. The molecule has 0 aliphatic heterocycles. The average Bonchev–Trinajstić information content (AvgIpc) is 2.96. The molecular weight excluding hydrogens is 327 g/mol. The molecule has 0 radical (unpaired) electrons. The monoisotopic (exact) mass is 340 g/mol. The predicted molar refractivity (Wildman–Crippen MR) is 85.4 cm³/mol. The first-order chi connectivity index (χ1) is 9.90. The van der Waals surface area contributed by atoms with Gasteiger partial charge in [0.2, 0.25) is 0 Å². The van der Waals surface area contributed by atoms with Crippen LogP contribution in [0.15, 0.2) is 30.7 Å². The van der Waals surface area contributed by atoms with Gasteiger partial charge in [-0.2, -0.15) is 0 Å². The van der Waals surface area contributed by atoms with E-state index in [-0.39, 0.29) is 5.92 Å². The Morgan fingerprint density at radius 2 is 2.29 bits per heavy atom. The Morgan fingerprint density at radius 1 is 1.52 bits per heavy atom. The van der Waals surface area contributed by atoms with Crippen molar-refractivity contribution in [3.05, 3.63) is 52.0 Å². The van der Waals surface area contributed by atoms with Crippen LogP contribution in [0, 0.1) is 0 Å². The molecule has 1 fully saturated rings. The summed E-state index contributed by atoms with van der Waals surface area (Å²) >= 11 is 12.1. The minimum Gasteiger partial charge on any atom is -0.481 e. The number of carbonyl (C=O) groups is 1. The highest BCUT2D eigenvalue weighted by Gasteiger charge is 2.56. The summed E-state index contributed by atoms with van der Waals surface area (Å²) in [6.45, 7) is 0.592. The molecule has 110 valence electrons. The lowest BCUT2D eigenvalue weighted by atomic mass is 10.1. The third-order valence-corrected chi connectivity index (χ3v) is 6.24. The standard InChI is InChI=1S/C14H14Cl2N2O2Si/c15-11-3-8(10-4-14(10,21)13(19)20)1-2-9(11)5-18-6-12(16)17-7-18/h1-3,6-7,10H,4-5H2,21H3,(H,19,20)/t10-,14-/m1/s1. The lowest BCUT2D eigenvalue weighted by Gasteiger charge is -2.09. The molecule has 1 heterocycles. The van der Waals surface area contributed by atoms with E-state index in [0.29, 0.717) is 27.0 Å². The van der Waals surface area contributed by atoms with Crippen LogP contribution in [0.4, 0.5) is 0 Å². The second-order valence-electron chi connectivity index (χ2n) is 5.70. The van der Waals surface area contributed by atoms with E-state index in [1.165, 1.54) is 0 Å². The van der Waals surface area contributed by atoms with Gasteiger partial charge in [0.25, 0.3) is 0 Å². The molecular formula is C14H14Cl2N2O2Si. The van der Waals surface area contributed by atoms with E-state index in [4.69, 9.17) is 23.2 Å². The van der Waals surface area contributed by atoms with E-state index in [1.807, 2.05) is 22.8 Å². The van der Waals surface area contributed by atoms with Crippen molar-refractivity contribution in [1.29, 1.82) is 0 Å². The maximum atomic E-state index is 11.2. The molecule has 21 heavy (non-hydrogen) atoms. The normalized spacial score (nSPS) is 24.2. The molecule has 0 spiro atoms. The van der Waals surface area contributed by atoms with Crippen molar-refractivity contribution in [3.63, 3.8) is 0 Å². The van der Waals surface area contributed by atoms with E-state index in [9.17, 15) is 9.90 Å². The Kier molecular flexibility index (Phi) is 3.59. The fourth-order valence-corrected chi connectivity index (χ4v) is 3.77. The summed E-state index contributed by atoms with van der Waals surface area (Å²) in [5.41, 5.74) is 1.98. The molecule has 1 aliphatic rings. The summed E-state index contributed by atoms with van der Waals surface area (Å²) in [4.78, 5) is 15.2. The zero-order chi connectivity index (χ0) is 15.2. The van der Waals surface area contributed by atoms with Crippen molar-refractivity contribution in [3.8, 4) is 0 Å². The number of hydrogen-bond donors (Lipinski definition) is 1. The molecule has 1 saturated carbocycles. The van der Waals surface area contributed by atoms with Gasteiger partial charge in [-0.1, -0.05) is 35.3 Å². The number of halogens is 2. The lowest BCUT2D eigenvalue weighted by molar-refractivity contribution is -0.137. The molecule has 0 amide bonds. The zero-order valence-corrected chi connectivity index (χ0v) is 14.9. The number of carboxylic acid groups (broad SMARTS) is 1. The van der Waals surface area contributed by atoms with Crippen LogP contribution in [0.2, 0.25) is 15.2 Å². The van der Waals surface area contributed by atoms with E-state index in [1.54, 1.807) is 12.5 Å². The van der Waals surface area contributed by atoms with Crippen LogP contribution in [0.5, 0.6) is 0 Å². The predicted octanol–water partition coefficient (Wildman–Crippen LogP) is 2.33. The first-order valence-electron chi connectivity index (χ1n) is 6.59. The molecule has 3 rings (SSSR count). The fourth-order valence-electron chi connectivity index (χ4n) is 2.61. The van der Waals surface area contributed by atoms with Gasteiger partial charge in [0, 0.05) is 21.5 Å². The first kappa shape index (κ1) is 14.6. The first-order valence-corrected chi connectivity index (χ1v) is 8.35. The van der Waals surface area contributed by atoms with Crippen LogP contribution in [0.25, 0.3) is 0 Å². The highest BCUT2D eigenvalue weighted by atomic mass is 35.5. The molecule has 1 aliphatic carbocycles. The highest BCUT2D eigenvalue weighted by molar-refractivity contribution is 6.32. The highest BCUT2D eigenvalue weighted by Crippen LogP contribution is 2.63. The van der Waals surface area contributed by atoms with Crippen molar-refractivity contribution in [1.82, 2.24) is 9.55 Å². The van der Waals surface area contributed by atoms with Gasteiger partial charge in [0.05, 0.1) is 17.9 Å². The summed E-state index contributed by atoms with van der Waals surface area (Å²) in [6, 6.07) is 5.82. The molecule has 2 atom stereocenters. The van der Waals surface area contributed by atoms with E-state index >= 15 is 0 Å². The van der Waals surface area contributed by atoms with Crippen LogP contribution < -0.4 is 0 Å². The van der Waals surface area contributed by atoms with Crippen molar-refractivity contribution >= 4 is 39.4 Å². The number of imidazole rings is 1. The Balaban J connectivity index is 1.79. The van der Waals surface area contributed by atoms with E-state index in [2.05, 4.69) is 4.98 Å². The second-order valence-corrected chi connectivity index (χ2v) is 8.28. The molecule has 1 aromatic carbocycles. The van der Waals surface area contributed by atoms with E-state index < -0.39 is 11.0 Å². The third kappa shape index (κ3) is 2.73. The van der Waals surface area contributed by atoms with Gasteiger partial charge in [-0.3, -0.25) is 4.79 Å². The topological polar surface area (TPSA) is 55.1 Å². The maximum absolute atomic E-state index is 11.2. The second kappa shape index (κ2) is 5.16. The number of carboxylic acids is 1. The summed E-state index contributed by atoms with van der Waals surface area (Å²) in [5, 5.41) is 9.83. The summed E-state index contributed by atoms with van der Waals surface area (Å²) < 4.78 is 1.86. The summed E-state index contributed by atoms with van der Waals surface area (Å²) in [7, 11) is 0.652. The Morgan fingerprint density at radius 3 is 2.81 bits per heavy atom. The van der Waals surface area contributed by atoms with Crippen molar-refractivity contribution in [2.24, 2.45) is 0 Å². The van der Waals surface area contributed by atoms with Gasteiger partial charge in [0.15, 0.2) is 0 Å². The van der Waals surface area contributed by atoms with Gasteiger partial charge >= 0.3 is 5.97 Å². The molecule has 2 aromatic rings. The Labute approximate surface area is 135 Å².